The van der Waals surface area contributed by atoms with Gasteiger partial charge in [0.25, 0.3) is 5.91 Å². The molecule has 2 N–H and O–H groups in total. The molecule has 4 heteroatoms. The summed E-state index contributed by atoms with van der Waals surface area (Å²) in [5.74, 6) is -0.0636. The molecule has 0 aliphatic heterocycles. The fourth-order valence-corrected chi connectivity index (χ4v) is 1.70. The van der Waals surface area contributed by atoms with E-state index in [9.17, 15) is 4.79 Å². The number of hydrogen-bond donors (Lipinski definition) is 2. The number of aliphatic hydroxyl groups is 1. The molecule has 0 aliphatic carbocycles. The van der Waals surface area contributed by atoms with E-state index in [1.807, 2.05) is 26.8 Å². The highest BCUT2D eigenvalue weighted by atomic mass is 79.9. The second-order valence-electron chi connectivity index (χ2n) is 4.39. The molecule has 1 amide bonds. The number of halogens is 1. The summed E-state index contributed by atoms with van der Waals surface area (Å²) in [5.41, 5.74) is 1.72. The van der Waals surface area contributed by atoms with E-state index in [-0.39, 0.29) is 24.5 Å². The van der Waals surface area contributed by atoms with Gasteiger partial charge in [0.1, 0.15) is 0 Å². The molecular weight excluding hydrogens is 282 g/mol. The van der Waals surface area contributed by atoms with Gasteiger partial charge in [-0.05, 0) is 37.5 Å². The third-order valence-electron chi connectivity index (χ3n) is 2.93. The Bertz CT molecular complexity index is 406. The maximum absolute atomic E-state index is 11.9. The van der Waals surface area contributed by atoms with Gasteiger partial charge < -0.3 is 10.4 Å². The molecule has 0 bridgehead atoms. The number of aryl methyl sites for hydroxylation is 1. The van der Waals surface area contributed by atoms with Crippen LogP contribution >= 0.6 is 15.9 Å². The summed E-state index contributed by atoms with van der Waals surface area (Å²) in [5, 5.41) is 11.9. The Balaban J connectivity index is 2.73. The van der Waals surface area contributed by atoms with E-state index in [1.165, 1.54) is 0 Å². The quantitative estimate of drug-likeness (QED) is 0.897. The van der Waals surface area contributed by atoms with E-state index < -0.39 is 0 Å². The number of amides is 1. The summed E-state index contributed by atoms with van der Waals surface area (Å²) in [6.07, 6.45) is 0. The predicted molar refractivity (Wildman–Crippen MR) is 72.1 cm³/mol. The van der Waals surface area contributed by atoms with Gasteiger partial charge in [-0.1, -0.05) is 28.9 Å². The minimum absolute atomic E-state index is 0.0485. The topological polar surface area (TPSA) is 49.3 Å². The van der Waals surface area contributed by atoms with Crippen LogP contribution in [0.15, 0.2) is 22.7 Å². The number of aliphatic hydroxyl groups excluding tert-OH is 1. The van der Waals surface area contributed by atoms with Gasteiger partial charge in [-0.15, -0.1) is 0 Å². The van der Waals surface area contributed by atoms with Crippen molar-refractivity contribution in [2.75, 3.05) is 6.61 Å². The van der Waals surface area contributed by atoms with Gasteiger partial charge in [0.05, 0.1) is 0 Å². The number of benzene rings is 1. The Hall–Kier alpha value is -0.870. The Labute approximate surface area is 110 Å². The van der Waals surface area contributed by atoms with Crippen molar-refractivity contribution in [3.63, 3.8) is 0 Å². The van der Waals surface area contributed by atoms with Crippen LogP contribution in [-0.2, 0) is 0 Å². The van der Waals surface area contributed by atoms with Gasteiger partial charge in [0.2, 0.25) is 0 Å². The van der Waals surface area contributed by atoms with Crippen molar-refractivity contribution >= 4 is 21.8 Å². The highest BCUT2D eigenvalue weighted by Gasteiger charge is 2.15. The lowest BCUT2D eigenvalue weighted by Gasteiger charge is -2.19. The van der Waals surface area contributed by atoms with Crippen molar-refractivity contribution in [2.45, 2.75) is 26.8 Å². The number of nitrogens with one attached hydrogen (secondary N) is 1. The average Bonchev–Trinajstić information content (AvgIpc) is 2.31. The lowest BCUT2D eigenvalue weighted by Crippen LogP contribution is -2.38. The summed E-state index contributed by atoms with van der Waals surface area (Å²) in [6.45, 7) is 5.83. The van der Waals surface area contributed by atoms with Gasteiger partial charge >= 0.3 is 0 Å². The minimum Gasteiger partial charge on any atom is -0.396 e. The van der Waals surface area contributed by atoms with Crippen LogP contribution in [0.1, 0.15) is 29.8 Å². The first kappa shape index (κ1) is 14.2. The molecule has 0 saturated heterocycles. The van der Waals surface area contributed by atoms with E-state index in [2.05, 4.69) is 21.2 Å². The van der Waals surface area contributed by atoms with E-state index in [0.29, 0.717) is 5.56 Å². The third-order valence-corrected chi connectivity index (χ3v) is 3.79. The van der Waals surface area contributed by atoms with Gasteiger partial charge in [-0.2, -0.15) is 0 Å². The molecule has 1 aromatic carbocycles. The van der Waals surface area contributed by atoms with Crippen LogP contribution in [0.5, 0.6) is 0 Å². The van der Waals surface area contributed by atoms with Gasteiger partial charge in [0, 0.05) is 22.7 Å². The minimum atomic E-state index is -0.112. The molecule has 0 aliphatic rings. The molecule has 0 spiro atoms. The Morgan fingerprint density at radius 2 is 2.12 bits per heavy atom. The zero-order valence-corrected chi connectivity index (χ0v) is 11.9. The Morgan fingerprint density at radius 3 is 2.65 bits per heavy atom. The number of carbonyl (C=O) groups excluding carboxylic acids is 1. The van der Waals surface area contributed by atoms with Crippen molar-refractivity contribution in [3.8, 4) is 0 Å². The normalized spacial score (nSPS) is 14.2. The van der Waals surface area contributed by atoms with Crippen LogP contribution in [0, 0.1) is 12.8 Å². The molecule has 0 radical (unpaired) electrons. The molecule has 0 saturated carbocycles. The van der Waals surface area contributed by atoms with Crippen molar-refractivity contribution in [3.05, 3.63) is 33.8 Å². The van der Waals surface area contributed by atoms with Crippen LogP contribution in [0.2, 0.25) is 0 Å². The Kier molecular flexibility index (Phi) is 5.15. The SMILES string of the molecule is Cc1ccc(C(=O)N[C@@H](C)[C@H](C)CO)cc1Br. The number of rotatable bonds is 4. The summed E-state index contributed by atoms with van der Waals surface area (Å²) in [6, 6.07) is 5.46. The van der Waals surface area contributed by atoms with Crippen LogP contribution < -0.4 is 5.32 Å². The fraction of sp³-hybridized carbons (Fsp3) is 0.462. The van der Waals surface area contributed by atoms with Crippen LogP contribution in [-0.4, -0.2) is 23.7 Å². The van der Waals surface area contributed by atoms with Crippen LogP contribution in [0.4, 0.5) is 0 Å². The lowest BCUT2D eigenvalue weighted by molar-refractivity contribution is 0.0916. The molecule has 0 aromatic heterocycles. The van der Waals surface area contributed by atoms with E-state index >= 15 is 0 Å². The van der Waals surface area contributed by atoms with Gasteiger partial charge in [0.15, 0.2) is 0 Å². The second-order valence-corrected chi connectivity index (χ2v) is 5.24. The number of carbonyl (C=O) groups is 1. The molecule has 3 nitrogen and oxygen atoms in total. The fourth-order valence-electron chi connectivity index (χ4n) is 1.32. The van der Waals surface area contributed by atoms with Gasteiger partial charge in [-0.25, -0.2) is 0 Å². The average molecular weight is 300 g/mol. The Morgan fingerprint density at radius 1 is 1.47 bits per heavy atom. The lowest BCUT2D eigenvalue weighted by atomic mass is 10.0. The zero-order valence-electron chi connectivity index (χ0n) is 10.3. The van der Waals surface area contributed by atoms with Crippen LogP contribution in [0.25, 0.3) is 0 Å². The van der Waals surface area contributed by atoms with E-state index in [0.717, 1.165) is 10.0 Å². The van der Waals surface area contributed by atoms with E-state index in [4.69, 9.17) is 5.11 Å². The standard InChI is InChI=1S/C13H18BrNO2/c1-8-4-5-11(6-12(8)14)13(17)15-10(3)9(2)7-16/h4-6,9-10,16H,7H2,1-3H3,(H,15,17)/t9-,10+/m1/s1. The summed E-state index contributed by atoms with van der Waals surface area (Å²) < 4.78 is 0.924. The summed E-state index contributed by atoms with van der Waals surface area (Å²) in [4.78, 5) is 11.9. The van der Waals surface area contributed by atoms with Crippen molar-refractivity contribution in [1.29, 1.82) is 0 Å². The van der Waals surface area contributed by atoms with Crippen molar-refractivity contribution in [1.82, 2.24) is 5.32 Å². The maximum Gasteiger partial charge on any atom is 0.251 e. The largest absolute Gasteiger partial charge is 0.396 e. The van der Waals surface area contributed by atoms with E-state index in [1.54, 1.807) is 12.1 Å². The number of hydrogen-bond acceptors (Lipinski definition) is 2. The molecule has 1 rings (SSSR count). The van der Waals surface area contributed by atoms with Crippen molar-refractivity contribution in [2.24, 2.45) is 5.92 Å². The summed E-state index contributed by atoms with van der Waals surface area (Å²) >= 11 is 3.40. The summed E-state index contributed by atoms with van der Waals surface area (Å²) in [7, 11) is 0. The molecule has 1 aromatic rings. The van der Waals surface area contributed by atoms with Crippen LogP contribution in [0.3, 0.4) is 0 Å². The molecule has 2 atom stereocenters. The van der Waals surface area contributed by atoms with Gasteiger partial charge in [-0.3, -0.25) is 4.79 Å². The molecular formula is C13H18BrNO2. The highest BCUT2D eigenvalue weighted by Crippen LogP contribution is 2.17. The maximum atomic E-state index is 11.9. The zero-order chi connectivity index (χ0) is 13.0. The first-order chi connectivity index (χ1) is 7.95. The first-order valence-corrected chi connectivity index (χ1v) is 6.43. The van der Waals surface area contributed by atoms with Crippen molar-refractivity contribution < 1.29 is 9.90 Å². The molecule has 17 heavy (non-hydrogen) atoms. The highest BCUT2D eigenvalue weighted by molar-refractivity contribution is 9.10. The second kappa shape index (κ2) is 6.17. The molecule has 0 fully saturated rings. The molecule has 0 heterocycles. The molecule has 0 unspecified atom stereocenters. The first-order valence-electron chi connectivity index (χ1n) is 5.63. The molecule has 94 valence electrons. The smallest absolute Gasteiger partial charge is 0.251 e. The predicted octanol–water partition coefficient (Wildman–Crippen LogP) is 2.50. The monoisotopic (exact) mass is 299 g/mol. The third kappa shape index (κ3) is 3.82.